The average molecular weight is 326 g/mol. The molecule has 24 heavy (non-hydrogen) atoms. The highest BCUT2D eigenvalue weighted by Gasteiger charge is 2.22. The van der Waals surface area contributed by atoms with Gasteiger partial charge in [-0.25, -0.2) is 4.79 Å². The Morgan fingerprint density at radius 1 is 1.29 bits per heavy atom. The van der Waals surface area contributed by atoms with Crippen LogP contribution in [0.3, 0.4) is 0 Å². The zero-order chi connectivity index (χ0) is 16.9. The van der Waals surface area contributed by atoms with Gasteiger partial charge in [0.15, 0.2) is 0 Å². The Kier molecular flexibility index (Phi) is 4.89. The number of methoxy groups -OCH3 is 1. The van der Waals surface area contributed by atoms with Gasteiger partial charge in [0.1, 0.15) is 18.1 Å². The predicted octanol–water partition coefficient (Wildman–Crippen LogP) is 3.38. The van der Waals surface area contributed by atoms with Crippen molar-refractivity contribution in [2.24, 2.45) is 0 Å². The molecule has 3 rings (SSSR count). The minimum Gasteiger partial charge on any atom is -0.497 e. The summed E-state index contributed by atoms with van der Waals surface area (Å²) in [5, 5.41) is 5.85. The molecule has 0 saturated heterocycles. The average Bonchev–Trinajstić information content (AvgIpc) is 2.61. The van der Waals surface area contributed by atoms with E-state index in [4.69, 9.17) is 9.47 Å². The minimum atomic E-state index is -0.219. The van der Waals surface area contributed by atoms with Gasteiger partial charge in [-0.2, -0.15) is 0 Å². The van der Waals surface area contributed by atoms with Crippen LogP contribution in [0.2, 0.25) is 0 Å². The summed E-state index contributed by atoms with van der Waals surface area (Å²) in [5.41, 5.74) is 3.03. The Hall–Kier alpha value is -2.69. The van der Waals surface area contributed by atoms with Crippen molar-refractivity contribution in [2.75, 3.05) is 19.0 Å². The molecule has 126 valence electrons. The maximum Gasteiger partial charge on any atom is 0.319 e. The molecule has 0 fully saturated rings. The summed E-state index contributed by atoms with van der Waals surface area (Å²) in [6, 6.07) is 13.3. The number of anilines is 1. The summed E-state index contributed by atoms with van der Waals surface area (Å²) < 4.78 is 11.0. The second kappa shape index (κ2) is 7.25. The van der Waals surface area contributed by atoms with Crippen LogP contribution in [0.15, 0.2) is 42.5 Å². The number of urea groups is 1. The molecule has 1 atom stereocenters. The Morgan fingerprint density at radius 2 is 2.17 bits per heavy atom. The fourth-order valence-corrected chi connectivity index (χ4v) is 2.81. The highest BCUT2D eigenvalue weighted by atomic mass is 16.5. The molecule has 2 amide bonds. The summed E-state index contributed by atoms with van der Waals surface area (Å²) >= 11 is 0. The molecule has 1 aliphatic rings. The number of ether oxygens (including phenoxy) is 2. The Labute approximate surface area is 142 Å². The van der Waals surface area contributed by atoms with Crippen molar-refractivity contribution in [2.45, 2.75) is 25.8 Å². The van der Waals surface area contributed by atoms with Crippen LogP contribution >= 0.6 is 0 Å². The van der Waals surface area contributed by atoms with E-state index in [9.17, 15) is 4.79 Å². The van der Waals surface area contributed by atoms with Crippen molar-refractivity contribution < 1.29 is 14.3 Å². The number of aryl methyl sites for hydroxylation is 1. The number of hydrogen-bond donors (Lipinski definition) is 2. The van der Waals surface area contributed by atoms with Crippen LogP contribution < -0.4 is 20.1 Å². The van der Waals surface area contributed by atoms with Crippen LogP contribution in [0.4, 0.5) is 10.5 Å². The number of benzene rings is 2. The second-order valence-corrected chi connectivity index (χ2v) is 5.84. The van der Waals surface area contributed by atoms with E-state index in [-0.39, 0.29) is 12.1 Å². The van der Waals surface area contributed by atoms with Crippen LogP contribution in [0.1, 0.15) is 18.1 Å². The van der Waals surface area contributed by atoms with Gasteiger partial charge in [0, 0.05) is 5.69 Å². The standard InChI is InChI=1S/C19H22N2O3/c1-3-13-5-4-6-15(9-13)20-19(22)21-16-10-14-11-17(23-2)7-8-18(14)24-12-16/h4-9,11,16H,3,10,12H2,1-2H3,(H2,20,21,22)/t16-/m0/s1. The quantitative estimate of drug-likeness (QED) is 0.905. The first kappa shape index (κ1) is 16.2. The maximum atomic E-state index is 12.2. The molecular weight excluding hydrogens is 304 g/mol. The van der Waals surface area contributed by atoms with Crippen LogP contribution in [0.25, 0.3) is 0 Å². The van der Waals surface area contributed by atoms with Gasteiger partial charge in [-0.15, -0.1) is 0 Å². The van der Waals surface area contributed by atoms with E-state index in [1.165, 1.54) is 5.56 Å². The van der Waals surface area contributed by atoms with Gasteiger partial charge in [0.25, 0.3) is 0 Å². The fourth-order valence-electron chi connectivity index (χ4n) is 2.81. The zero-order valence-corrected chi connectivity index (χ0v) is 14.0. The molecule has 0 spiro atoms. The highest BCUT2D eigenvalue weighted by Crippen LogP contribution is 2.28. The third kappa shape index (κ3) is 3.79. The smallest absolute Gasteiger partial charge is 0.319 e. The molecule has 2 aromatic rings. The van der Waals surface area contributed by atoms with Crippen LogP contribution in [-0.4, -0.2) is 25.8 Å². The molecule has 0 radical (unpaired) electrons. The van der Waals surface area contributed by atoms with Gasteiger partial charge in [-0.1, -0.05) is 19.1 Å². The lowest BCUT2D eigenvalue weighted by molar-refractivity contribution is 0.222. The topological polar surface area (TPSA) is 59.6 Å². The predicted molar refractivity (Wildman–Crippen MR) is 94.0 cm³/mol. The molecule has 1 heterocycles. The van der Waals surface area contributed by atoms with Gasteiger partial charge < -0.3 is 20.1 Å². The molecule has 0 saturated carbocycles. The fraction of sp³-hybridized carbons (Fsp3) is 0.316. The minimum absolute atomic E-state index is 0.0704. The highest BCUT2D eigenvalue weighted by molar-refractivity contribution is 5.89. The molecule has 0 aromatic heterocycles. The number of nitrogens with one attached hydrogen (secondary N) is 2. The Morgan fingerprint density at radius 3 is 2.96 bits per heavy atom. The molecule has 5 heteroatoms. The van der Waals surface area contributed by atoms with Crippen LogP contribution in [0.5, 0.6) is 11.5 Å². The number of rotatable bonds is 4. The molecule has 0 unspecified atom stereocenters. The van der Waals surface area contributed by atoms with Gasteiger partial charge in [0.2, 0.25) is 0 Å². The van der Waals surface area contributed by atoms with Crippen LogP contribution in [-0.2, 0) is 12.8 Å². The summed E-state index contributed by atoms with van der Waals surface area (Å²) in [5.74, 6) is 1.64. The molecule has 2 N–H and O–H groups in total. The second-order valence-electron chi connectivity index (χ2n) is 5.84. The summed E-state index contributed by atoms with van der Waals surface area (Å²) in [6.07, 6.45) is 1.65. The first-order valence-corrected chi connectivity index (χ1v) is 8.14. The lowest BCUT2D eigenvalue weighted by Crippen LogP contribution is -2.44. The number of carbonyl (C=O) groups excluding carboxylic acids is 1. The third-order valence-corrected chi connectivity index (χ3v) is 4.10. The van der Waals surface area contributed by atoms with Crippen molar-refractivity contribution in [1.29, 1.82) is 0 Å². The Balaban J connectivity index is 1.60. The number of fused-ring (bicyclic) bond motifs is 1. The van der Waals surface area contributed by atoms with Gasteiger partial charge in [-0.05, 0) is 54.3 Å². The first-order valence-electron chi connectivity index (χ1n) is 8.14. The number of hydrogen-bond acceptors (Lipinski definition) is 3. The van der Waals surface area contributed by atoms with Crippen molar-refractivity contribution in [3.63, 3.8) is 0 Å². The lowest BCUT2D eigenvalue weighted by atomic mass is 10.0. The van der Waals surface area contributed by atoms with E-state index < -0.39 is 0 Å². The first-order chi connectivity index (χ1) is 11.7. The zero-order valence-electron chi connectivity index (χ0n) is 14.0. The molecule has 0 aliphatic carbocycles. The van der Waals surface area contributed by atoms with Crippen molar-refractivity contribution in [3.05, 3.63) is 53.6 Å². The van der Waals surface area contributed by atoms with Crippen LogP contribution in [0, 0.1) is 0 Å². The number of amides is 2. The summed E-state index contributed by atoms with van der Waals surface area (Å²) in [6.45, 7) is 2.55. The third-order valence-electron chi connectivity index (χ3n) is 4.10. The SMILES string of the molecule is CCc1cccc(NC(=O)N[C@@H]2COc3ccc(OC)cc3C2)c1. The van der Waals surface area contributed by atoms with E-state index >= 15 is 0 Å². The maximum absolute atomic E-state index is 12.2. The van der Waals surface area contributed by atoms with Gasteiger partial charge in [0.05, 0.1) is 13.2 Å². The molecule has 1 aliphatic heterocycles. The van der Waals surface area contributed by atoms with E-state index in [2.05, 4.69) is 17.6 Å². The van der Waals surface area contributed by atoms with E-state index in [0.717, 1.165) is 35.6 Å². The van der Waals surface area contributed by atoms with E-state index in [1.807, 2.05) is 42.5 Å². The normalized spacial score (nSPS) is 15.8. The van der Waals surface area contributed by atoms with E-state index in [0.29, 0.717) is 6.61 Å². The molecule has 2 aromatic carbocycles. The molecular formula is C19H22N2O3. The largest absolute Gasteiger partial charge is 0.497 e. The monoisotopic (exact) mass is 326 g/mol. The lowest BCUT2D eigenvalue weighted by Gasteiger charge is -2.26. The van der Waals surface area contributed by atoms with Crippen molar-refractivity contribution in [3.8, 4) is 11.5 Å². The number of carbonyl (C=O) groups is 1. The van der Waals surface area contributed by atoms with Gasteiger partial charge in [-0.3, -0.25) is 0 Å². The molecule has 0 bridgehead atoms. The van der Waals surface area contributed by atoms with Crippen molar-refractivity contribution >= 4 is 11.7 Å². The van der Waals surface area contributed by atoms with Gasteiger partial charge >= 0.3 is 6.03 Å². The summed E-state index contributed by atoms with van der Waals surface area (Å²) in [4.78, 5) is 12.2. The Bertz CT molecular complexity index is 730. The molecule has 5 nitrogen and oxygen atoms in total. The van der Waals surface area contributed by atoms with E-state index in [1.54, 1.807) is 7.11 Å². The summed E-state index contributed by atoms with van der Waals surface area (Å²) in [7, 11) is 1.64. The van der Waals surface area contributed by atoms with Crippen molar-refractivity contribution in [1.82, 2.24) is 5.32 Å².